The molecule has 1 N–H and O–H groups in total. The van der Waals surface area contributed by atoms with Gasteiger partial charge in [-0.2, -0.15) is 0 Å². The number of nitrogens with one attached hydrogen (secondary N) is 1. The third kappa shape index (κ3) is 5.90. The number of ether oxygens (including phenoxy) is 3. The molecule has 2 rings (SSSR count). The SMILES string of the molecule is CCCNC(=O)COC(=O)c1ccc(OCC2CCCO2)cc1. The van der Waals surface area contributed by atoms with E-state index in [2.05, 4.69) is 5.32 Å². The Kier molecular flexibility index (Phi) is 6.87. The Morgan fingerprint density at radius 2 is 2.09 bits per heavy atom. The fourth-order valence-electron chi connectivity index (χ4n) is 2.18. The van der Waals surface area contributed by atoms with Crippen molar-refractivity contribution in [2.24, 2.45) is 0 Å². The number of esters is 1. The van der Waals surface area contributed by atoms with Gasteiger partial charge in [0.25, 0.3) is 5.91 Å². The first-order valence-corrected chi connectivity index (χ1v) is 7.97. The summed E-state index contributed by atoms with van der Waals surface area (Å²) in [6, 6.07) is 6.67. The topological polar surface area (TPSA) is 73.9 Å². The van der Waals surface area contributed by atoms with Crippen molar-refractivity contribution in [1.82, 2.24) is 5.32 Å². The van der Waals surface area contributed by atoms with Crippen molar-refractivity contribution in [3.8, 4) is 5.75 Å². The Morgan fingerprint density at radius 1 is 1.30 bits per heavy atom. The highest BCUT2D eigenvalue weighted by atomic mass is 16.5. The lowest BCUT2D eigenvalue weighted by molar-refractivity contribution is -0.124. The van der Waals surface area contributed by atoms with Crippen LogP contribution in [0.3, 0.4) is 0 Å². The maximum atomic E-state index is 11.8. The summed E-state index contributed by atoms with van der Waals surface area (Å²) >= 11 is 0. The van der Waals surface area contributed by atoms with E-state index in [1.165, 1.54) is 0 Å². The zero-order valence-corrected chi connectivity index (χ0v) is 13.4. The summed E-state index contributed by atoms with van der Waals surface area (Å²) in [5.41, 5.74) is 0.387. The highest BCUT2D eigenvalue weighted by Gasteiger charge is 2.16. The van der Waals surface area contributed by atoms with E-state index in [0.717, 1.165) is 25.9 Å². The third-order valence-corrected chi connectivity index (χ3v) is 3.46. The van der Waals surface area contributed by atoms with Crippen LogP contribution in [0, 0.1) is 0 Å². The lowest BCUT2D eigenvalue weighted by atomic mass is 10.2. The van der Waals surface area contributed by atoms with Gasteiger partial charge in [0.2, 0.25) is 0 Å². The zero-order valence-electron chi connectivity index (χ0n) is 13.4. The van der Waals surface area contributed by atoms with E-state index in [1.807, 2.05) is 6.92 Å². The molecule has 0 aliphatic carbocycles. The molecule has 1 aromatic rings. The predicted molar refractivity (Wildman–Crippen MR) is 84.5 cm³/mol. The Hall–Kier alpha value is -2.08. The number of hydrogen-bond donors (Lipinski definition) is 1. The van der Waals surface area contributed by atoms with Crippen molar-refractivity contribution in [3.05, 3.63) is 29.8 Å². The van der Waals surface area contributed by atoms with Crippen LogP contribution in [0.5, 0.6) is 5.75 Å². The second-order valence-corrected chi connectivity index (χ2v) is 5.40. The molecule has 0 saturated carbocycles. The van der Waals surface area contributed by atoms with Crippen molar-refractivity contribution >= 4 is 11.9 Å². The van der Waals surface area contributed by atoms with Gasteiger partial charge in [-0.3, -0.25) is 4.79 Å². The minimum Gasteiger partial charge on any atom is -0.491 e. The maximum Gasteiger partial charge on any atom is 0.338 e. The predicted octanol–water partition coefficient (Wildman–Crippen LogP) is 1.93. The van der Waals surface area contributed by atoms with Crippen molar-refractivity contribution in [3.63, 3.8) is 0 Å². The molecule has 6 heteroatoms. The largest absolute Gasteiger partial charge is 0.491 e. The quantitative estimate of drug-likeness (QED) is 0.741. The van der Waals surface area contributed by atoms with Crippen LogP contribution in [0.25, 0.3) is 0 Å². The Labute approximate surface area is 136 Å². The van der Waals surface area contributed by atoms with Crippen LogP contribution < -0.4 is 10.1 Å². The fraction of sp³-hybridized carbons (Fsp3) is 0.529. The molecule has 1 aromatic carbocycles. The van der Waals surface area contributed by atoms with Crippen molar-refractivity contribution < 1.29 is 23.8 Å². The molecule has 0 radical (unpaired) electrons. The van der Waals surface area contributed by atoms with Crippen LogP contribution in [0.2, 0.25) is 0 Å². The van der Waals surface area contributed by atoms with Crippen LogP contribution in [0.1, 0.15) is 36.5 Å². The van der Waals surface area contributed by atoms with Gasteiger partial charge < -0.3 is 19.5 Å². The van der Waals surface area contributed by atoms with E-state index in [0.29, 0.717) is 24.5 Å². The molecular formula is C17H23NO5. The summed E-state index contributed by atoms with van der Waals surface area (Å²) < 4.78 is 16.1. The van der Waals surface area contributed by atoms with E-state index in [-0.39, 0.29) is 18.6 Å². The molecule has 1 aliphatic heterocycles. The second kappa shape index (κ2) is 9.15. The highest BCUT2D eigenvalue weighted by Crippen LogP contribution is 2.17. The maximum absolute atomic E-state index is 11.8. The van der Waals surface area contributed by atoms with Gasteiger partial charge in [0, 0.05) is 13.2 Å². The number of hydrogen-bond acceptors (Lipinski definition) is 5. The zero-order chi connectivity index (χ0) is 16.5. The molecule has 0 bridgehead atoms. The average molecular weight is 321 g/mol. The van der Waals surface area contributed by atoms with E-state index < -0.39 is 5.97 Å². The van der Waals surface area contributed by atoms with Gasteiger partial charge in [0.15, 0.2) is 6.61 Å². The Bertz CT molecular complexity index is 508. The molecule has 1 unspecified atom stereocenters. The number of amides is 1. The summed E-state index contributed by atoms with van der Waals surface area (Å²) in [6.45, 7) is 3.57. The number of benzene rings is 1. The molecular weight excluding hydrogens is 298 g/mol. The van der Waals surface area contributed by atoms with Gasteiger partial charge in [-0.05, 0) is 43.5 Å². The molecule has 1 amide bonds. The normalized spacial score (nSPS) is 16.8. The van der Waals surface area contributed by atoms with E-state index in [4.69, 9.17) is 14.2 Å². The number of rotatable bonds is 8. The van der Waals surface area contributed by atoms with Crippen LogP contribution in [-0.2, 0) is 14.3 Å². The first-order valence-electron chi connectivity index (χ1n) is 7.97. The minimum absolute atomic E-state index is 0.154. The summed E-state index contributed by atoms with van der Waals surface area (Å²) in [4.78, 5) is 23.2. The van der Waals surface area contributed by atoms with Crippen LogP contribution in [0.15, 0.2) is 24.3 Å². The lowest BCUT2D eigenvalue weighted by Crippen LogP contribution is -2.29. The van der Waals surface area contributed by atoms with Gasteiger partial charge in [-0.25, -0.2) is 4.79 Å². The van der Waals surface area contributed by atoms with Crippen molar-refractivity contribution in [2.45, 2.75) is 32.3 Å². The third-order valence-electron chi connectivity index (χ3n) is 3.46. The van der Waals surface area contributed by atoms with E-state index >= 15 is 0 Å². The molecule has 1 aliphatic rings. The van der Waals surface area contributed by atoms with E-state index in [9.17, 15) is 9.59 Å². The van der Waals surface area contributed by atoms with Gasteiger partial charge in [-0.1, -0.05) is 6.92 Å². The lowest BCUT2D eigenvalue weighted by Gasteiger charge is -2.11. The molecule has 1 heterocycles. The molecule has 0 aromatic heterocycles. The van der Waals surface area contributed by atoms with Crippen LogP contribution in [-0.4, -0.2) is 44.3 Å². The molecule has 1 saturated heterocycles. The highest BCUT2D eigenvalue weighted by molar-refractivity contribution is 5.91. The van der Waals surface area contributed by atoms with Crippen molar-refractivity contribution in [1.29, 1.82) is 0 Å². The van der Waals surface area contributed by atoms with Crippen LogP contribution in [0.4, 0.5) is 0 Å². The second-order valence-electron chi connectivity index (χ2n) is 5.40. The van der Waals surface area contributed by atoms with Crippen LogP contribution >= 0.6 is 0 Å². The standard InChI is InChI=1S/C17H23NO5/c1-2-9-18-16(19)12-23-17(20)13-5-7-14(8-6-13)22-11-15-4-3-10-21-15/h5-8,15H,2-4,9-12H2,1H3,(H,18,19). The smallest absolute Gasteiger partial charge is 0.338 e. The van der Waals surface area contributed by atoms with E-state index in [1.54, 1.807) is 24.3 Å². The number of carbonyl (C=O) groups excluding carboxylic acids is 2. The molecule has 0 spiro atoms. The summed E-state index contributed by atoms with van der Waals surface area (Å²) in [5, 5.41) is 2.64. The fourth-order valence-corrected chi connectivity index (χ4v) is 2.18. The molecule has 1 fully saturated rings. The van der Waals surface area contributed by atoms with Gasteiger partial charge >= 0.3 is 5.97 Å². The first-order chi connectivity index (χ1) is 11.2. The average Bonchev–Trinajstić information content (AvgIpc) is 3.10. The van der Waals surface area contributed by atoms with Gasteiger partial charge in [0.1, 0.15) is 12.4 Å². The number of carbonyl (C=O) groups is 2. The molecule has 6 nitrogen and oxygen atoms in total. The van der Waals surface area contributed by atoms with Gasteiger partial charge in [-0.15, -0.1) is 0 Å². The summed E-state index contributed by atoms with van der Waals surface area (Å²) in [5.74, 6) is -0.142. The monoisotopic (exact) mass is 321 g/mol. The molecule has 1 atom stereocenters. The van der Waals surface area contributed by atoms with Gasteiger partial charge in [0.05, 0.1) is 11.7 Å². The summed E-state index contributed by atoms with van der Waals surface area (Å²) in [7, 11) is 0. The first kappa shape index (κ1) is 17.3. The Morgan fingerprint density at radius 3 is 2.74 bits per heavy atom. The van der Waals surface area contributed by atoms with Crippen molar-refractivity contribution in [2.75, 3.05) is 26.4 Å². The minimum atomic E-state index is -0.526. The molecule has 126 valence electrons. The Balaban J connectivity index is 1.74. The summed E-state index contributed by atoms with van der Waals surface area (Å²) in [6.07, 6.45) is 3.09. The molecule has 23 heavy (non-hydrogen) atoms.